The topological polar surface area (TPSA) is 52.7 Å². The van der Waals surface area contributed by atoms with Crippen molar-refractivity contribution in [3.05, 3.63) is 60.4 Å². The summed E-state index contributed by atoms with van der Waals surface area (Å²) in [4.78, 5) is 7.87. The van der Waals surface area contributed by atoms with Crippen LogP contribution in [0.15, 0.2) is 54.6 Å². The number of nitrogens with one attached hydrogen (secondary N) is 3. The zero-order valence-electron chi connectivity index (χ0n) is 11.6. The lowest BCUT2D eigenvalue weighted by atomic mass is 10.3. The third-order valence-corrected chi connectivity index (χ3v) is 3.42. The number of hydrogen-bond donors (Lipinski definition) is 3. The molecule has 5 heteroatoms. The average Bonchev–Trinajstić information content (AvgIpc) is 2.92. The van der Waals surface area contributed by atoms with Gasteiger partial charge in [-0.1, -0.05) is 30.3 Å². The summed E-state index contributed by atoms with van der Waals surface area (Å²) in [5.41, 5.74) is 2.96. The van der Waals surface area contributed by atoms with E-state index in [9.17, 15) is 0 Å². The Labute approximate surface area is 128 Å². The number of hydrogen-bond acceptors (Lipinski definition) is 2. The van der Waals surface area contributed by atoms with Crippen LogP contribution in [0.25, 0.3) is 11.0 Å². The van der Waals surface area contributed by atoms with Gasteiger partial charge in [0.2, 0.25) is 0 Å². The van der Waals surface area contributed by atoms with Gasteiger partial charge in [-0.25, -0.2) is 4.98 Å². The summed E-state index contributed by atoms with van der Waals surface area (Å²) in [6.45, 7) is 2.02. The van der Waals surface area contributed by atoms with Crippen LogP contribution in [0.2, 0.25) is 0 Å². The highest BCUT2D eigenvalue weighted by Gasteiger charge is 2.11. The first-order chi connectivity index (χ1) is 10.2. The molecule has 106 valence electrons. The van der Waals surface area contributed by atoms with Crippen molar-refractivity contribution in [2.75, 3.05) is 5.32 Å². The highest BCUT2D eigenvalue weighted by atomic mass is 32.1. The number of benzene rings is 2. The molecule has 0 aliphatic carbocycles. The monoisotopic (exact) mass is 296 g/mol. The van der Waals surface area contributed by atoms with E-state index in [1.165, 1.54) is 0 Å². The first kappa shape index (κ1) is 13.6. The molecule has 2 aromatic carbocycles. The minimum absolute atomic E-state index is 0.00103. The van der Waals surface area contributed by atoms with Crippen LogP contribution in [0, 0.1) is 0 Å². The number of anilines is 1. The van der Waals surface area contributed by atoms with Gasteiger partial charge in [0.05, 0.1) is 17.1 Å². The van der Waals surface area contributed by atoms with E-state index in [1.807, 2.05) is 61.5 Å². The molecule has 21 heavy (non-hydrogen) atoms. The van der Waals surface area contributed by atoms with Crippen molar-refractivity contribution in [3.8, 4) is 0 Å². The highest BCUT2D eigenvalue weighted by molar-refractivity contribution is 7.80. The van der Waals surface area contributed by atoms with Gasteiger partial charge in [-0.15, -0.1) is 0 Å². The minimum Gasteiger partial charge on any atom is -0.353 e. The van der Waals surface area contributed by atoms with E-state index in [2.05, 4.69) is 20.6 Å². The third kappa shape index (κ3) is 3.20. The second-order valence-electron chi connectivity index (χ2n) is 4.83. The van der Waals surface area contributed by atoms with E-state index < -0.39 is 0 Å². The summed E-state index contributed by atoms with van der Waals surface area (Å²) in [6, 6.07) is 17.8. The molecule has 0 aliphatic heterocycles. The molecule has 1 heterocycles. The normalized spacial score (nSPS) is 12.0. The van der Waals surface area contributed by atoms with E-state index in [0.717, 1.165) is 22.5 Å². The molecule has 1 atom stereocenters. The Morgan fingerprint density at radius 3 is 2.57 bits per heavy atom. The molecule has 0 unspecified atom stereocenters. The molecule has 0 radical (unpaired) electrons. The molecule has 3 N–H and O–H groups in total. The number of aromatic nitrogens is 2. The molecule has 0 saturated heterocycles. The van der Waals surface area contributed by atoms with Crippen LogP contribution in [0.1, 0.15) is 18.8 Å². The first-order valence-corrected chi connectivity index (χ1v) is 7.20. The number of para-hydroxylation sites is 3. The number of rotatable bonds is 3. The van der Waals surface area contributed by atoms with Crippen molar-refractivity contribution in [3.63, 3.8) is 0 Å². The Balaban J connectivity index is 1.68. The van der Waals surface area contributed by atoms with Gasteiger partial charge in [0, 0.05) is 5.69 Å². The standard InChI is InChI=1S/C16H16N4S/c1-11(15-19-13-9-5-6-10-14(13)20-15)17-16(21)18-12-7-3-2-4-8-12/h2-11H,1H3,(H,19,20)(H2,17,18,21)/t11-/m1/s1. The Hall–Kier alpha value is -2.40. The van der Waals surface area contributed by atoms with Gasteiger partial charge in [-0.2, -0.15) is 0 Å². The van der Waals surface area contributed by atoms with Crippen LogP contribution in [-0.2, 0) is 0 Å². The lowest BCUT2D eigenvalue weighted by Crippen LogP contribution is -2.31. The summed E-state index contributed by atoms with van der Waals surface area (Å²) in [5.74, 6) is 0.869. The largest absolute Gasteiger partial charge is 0.353 e. The van der Waals surface area contributed by atoms with Crippen molar-refractivity contribution < 1.29 is 0 Å². The van der Waals surface area contributed by atoms with E-state index in [-0.39, 0.29) is 6.04 Å². The average molecular weight is 296 g/mol. The molecular formula is C16H16N4S. The zero-order chi connectivity index (χ0) is 14.7. The van der Waals surface area contributed by atoms with Crippen LogP contribution < -0.4 is 10.6 Å². The predicted octanol–water partition coefficient (Wildman–Crippen LogP) is 3.61. The highest BCUT2D eigenvalue weighted by Crippen LogP contribution is 2.15. The maximum absolute atomic E-state index is 5.33. The number of imidazole rings is 1. The molecule has 0 aliphatic rings. The Bertz CT molecular complexity index is 718. The molecule has 0 bridgehead atoms. The maximum Gasteiger partial charge on any atom is 0.171 e. The summed E-state index contributed by atoms with van der Waals surface area (Å²) < 4.78 is 0. The maximum atomic E-state index is 5.33. The van der Waals surface area contributed by atoms with Crippen molar-refractivity contribution >= 4 is 34.1 Å². The van der Waals surface area contributed by atoms with E-state index in [1.54, 1.807) is 0 Å². The second-order valence-corrected chi connectivity index (χ2v) is 5.23. The van der Waals surface area contributed by atoms with Gasteiger partial charge >= 0.3 is 0 Å². The molecule has 0 amide bonds. The van der Waals surface area contributed by atoms with E-state index in [0.29, 0.717) is 5.11 Å². The summed E-state index contributed by atoms with van der Waals surface area (Å²) in [6.07, 6.45) is 0. The van der Waals surface area contributed by atoms with Crippen LogP contribution in [0.4, 0.5) is 5.69 Å². The van der Waals surface area contributed by atoms with Crippen LogP contribution >= 0.6 is 12.2 Å². The van der Waals surface area contributed by atoms with Gasteiger partial charge in [-0.3, -0.25) is 0 Å². The molecule has 0 fully saturated rings. The number of fused-ring (bicyclic) bond motifs is 1. The number of nitrogens with zero attached hydrogens (tertiary/aromatic N) is 1. The summed E-state index contributed by atoms with van der Waals surface area (Å²) >= 11 is 5.33. The van der Waals surface area contributed by atoms with Crippen molar-refractivity contribution in [1.82, 2.24) is 15.3 Å². The molecule has 1 aromatic heterocycles. The quantitative estimate of drug-likeness (QED) is 0.646. The van der Waals surface area contributed by atoms with Gasteiger partial charge in [0.15, 0.2) is 5.11 Å². The van der Waals surface area contributed by atoms with E-state index in [4.69, 9.17) is 12.2 Å². The van der Waals surface area contributed by atoms with Gasteiger partial charge < -0.3 is 15.6 Å². The van der Waals surface area contributed by atoms with E-state index >= 15 is 0 Å². The molecule has 0 spiro atoms. The predicted molar refractivity (Wildman–Crippen MR) is 90.3 cm³/mol. The first-order valence-electron chi connectivity index (χ1n) is 6.79. The van der Waals surface area contributed by atoms with Crippen molar-refractivity contribution in [1.29, 1.82) is 0 Å². The second kappa shape index (κ2) is 5.93. The van der Waals surface area contributed by atoms with Crippen LogP contribution in [-0.4, -0.2) is 15.1 Å². The molecular weight excluding hydrogens is 280 g/mol. The zero-order valence-corrected chi connectivity index (χ0v) is 12.4. The fraction of sp³-hybridized carbons (Fsp3) is 0.125. The lowest BCUT2D eigenvalue weighted by molar-refractivity contribution is 0.680. The summed E-state index contributed by atoms with van der Waals surface area (Å²) in [7, 11) is 0. The third-order valence-electron chi connectivity index (χ3n) is 3.20. The summed E-state index contributed by atoms with van der Waals surface area (Å²) in [5, 5.41) is 6.97. The molecule has 3 rings (SSSR count). The molecule has 0 saturated carbocycles. The van der Waals surface area contributed by atoms with Gasteiger partial charge in [-0.05, 0) is 43.4 Å². The SMILES string of the molecule is C[C@@H](NC(=S)Nc1ccccc1)c1nc2ccccc2[nH]1. The van der Waals surface area contributed by atoms with Crippen LogP contribution in [0.5, 0.6) is 0 Å². The Morgan fingerprint density at radius 1 is 1.10 bits per heavy atom. The smallest absolute Gasteiger partial charge is 0.171 e. The fourth-order valence-electron chi connectivity index (χ4n) is 2.13. The van der Waals surface area contributed by atoms with Crippen LogP contribution in [0.3, 0.4) is 0 Å². The molecule has 3 aromatic rings. The Morgan fingerprint density at radius 2 is 1.81 bits per heavy atom. The number of thiocarbonyl (C=S) groups is 1. The lowest BCUT2D eigenvalue weighted by Gasteiger charge is -2.15. The van der Waals surface area contributed by atoms with Crippen molar-refractivity contribution in [2.45, 2.75) is 13.0 Å². The Kier molecular flexibility index (Phi) is 3.83. The van der Waals surface area contributed by atoms with Crippen molar-refractivity contribution in [2.24, 2.45) is 0 Å². The molecule has 4 nitrogen and oxygen atoms in total. The van der Waals surface area contributed by atoms with Gasteiger partial charge in [0.25, 0.3) is 0 Å². The van der Waals surface area contributed by atoms with Gasteiger partial charge in [0.1, 0.15) is 5.82 Å². The number of aromatic amines is 1. The number of H-pyrrole nitrogens is 1. The fourth-order valence-corrected chi connectivity index (χ4v) is 2.43. The minimum atomic E-state index is 0.00103.